The lowest BCUT2D eigenvalue weighted by atomic mass is 9.93. The summed E-state index contributed by atoms with van der Waals surface area (Å²) < 4.78 is 13.1. The maximum Gasteiger partial charge on any atom is 0.351 e. The lowest BCUT2D eigenvalue weighted by Gasteiger charge is -2.22. The number of hydrogen-bond acceptors (Lipinski definition) is 5. The third kappa shape index (κ3) is 3.55. The summed E-state index contributed by atoms with van der Waals surface area (Å²) in [5, 5.41) is 0. The highest BCUT2D eigenvalue weighted by atomic mass is 16.5. The van der Waals surface area contributed by atoms with Crippen LogP contribution in [0.15, 0.2) is 52.9 Å². The van der Waals surface area contributed by atoms with E-state index in [0.29, 0.717) is 19.0 Å². The summed E-state index contributed by atoms with van der Waals surface area (Å²) >= 11 is 0. The van der Waals surface area contributed by atoms with E-state index < -0.39 is 0 Å². The van der Waals surface area contributed by atoms with Crippen LogP contribution in [0.5, 0.6) is 5.88 Å². The van der Waals surface area contributed by atoms with E-state index in [2.05, 4.69) is 29.3 Å². The van der Waals surface area contributed by atoms with Crippen LogP contribution in [0.2, 0.25) is 0 Å². The molecule has 28 heavy (non-hydrogen) atoms. The molecule has 0 saturated carbocycles. The van der Waals surface area contributed by atoms with Gasteiger partial charge in [-0.2, -0.15) is 4.98 Å². The Morgan fingerprint density at radius 2 is 2.32 bits per heavy atom. The highest BCUT2D eigenvalue weighted by Gasteiger charge is 2.21. The molecule has 0 aliphatic carbocycles. The van der Waals surface area contributed by atoms with Crippen LogP contribution in [0.4, 0.5) is 0 Å². The lowest BCUT2D eigenvalue weighted by Crippen LogP contribution is -2.29. The monoisotopic (exact) mass is 377 g/mol. The van der Waals surface area contributed by atoms with E-state index in [-0.39, 0.29) is 11.8 Å². The highest BCUT2D eigenvalue weighted by molar-refractivity contribution is 5.77. The lowest BCUT2D eigenvalue weighted by molar-refractivity contribution is 0.0661. The molecule has 6 nitrogen and oxygen atoms in total. The summed E-state index contributed by atoms with van der Waals surface area (Å²) in [5.41, 5.74) is 4.69. The van der Waals surface area contributed by atoms with Crippen molar-refractivity contribution in [2.75, 3.05) is 13.2 Å². The van der Waals surface area contributed by atoms with Crippen LogP contribution in [-0.4, -0.2) is 35.6 Å². The van der Waals surface area contributed by atoms with Crippen LogP contribution >= 0.6 is 0 Å². The van der Waals surface area contributed by atoms with E-state index in [9.17, 15) is 4.79 Å². The first-order chi connectivity index (χ1) is 13.7. The van der Waals surface area contributed by atoms with Gasteiger partial charge in [0.1, 0.15) is 6.61 Å². The number of aromatic nitrogens is 2. The van der Waals surface area contributed by atoms with Crippen molar-refractivity contribution in [3.8, 4) is 17.1 Å². The molecule has 0 radical (unpaired) electrons. The molecule has 1 saturated heterocycles. The molecule has 144 valence electrons. The molecule has 2 aromatic rings. The molecule has 1 atom stereocenters. The molecule has 2 aliphatic rings. The molecule has 1 unspecified atom stereocenters. The minimum atomic E-state index is -0.280. The van der Waals surface area contributed by atoms with E-state index in [1.54, 1.807) is 16.8 Å². The predicted molar refractivity (Wildman–Crippen MR) is 110 cm³/mol. The third-order valence-corrected chi connectivity index (χ3v) is 5.20. The largest absolute Gasteiger partial charge is 0.475 e. The molecule has 1 aromatic heterocycles. The average Bonchev–Trinajstić information content (AvgIpc) is 3.23. The van der Waals surface area contributed by atoms with Crippen LogP contribution in [0.3, 0.4) is 0 Å². The maximum absolute atomic E-state index is 12.5. The average molecular weight is 377 g/mol. The summed E-state index contributed by atoms with van der Waals surface area (Å²) in [5.74, 6) is 0.353. The second kappa shape index (κ2) is 7.94. The molecule has 1 fully saturated rings. The summed E-state index contributed by atoms with van der Waals surface area (Å²) in [7, 11) is 0. The van der Waals surface area contributed by atoms with Crippen molar-refractivity contribution in [2.45, 2.75) is 31.9 Å². The molecule has 6 heteroatoms. The van der Waals surface area contributed by atoms with Gasteiger partial charge in [-0.3, -0.25) is 9.56 Å². The fraction of sp³-hybridized carbons (Fsp3) is 0.318. The van der Waals surface area contributed by atoms with Crippen molar-refractivity contribution in [1.29, 1.82) is 0 Å². The van der Waals surface area contributed by atoms with Crippen molar-refractivity contribution >= 4 is 12.3 Å². The number of fused-ring (bicyclic) bond motifs is 3. The van der Waals surface area contributed by atoms with Crippen LogP contribution < -0.4 is 10.4 Å². The van der Waals surface area contributed by atoms with Crippen molar-refractivity contribution in [3.05, 3.63) is 64.7 Å². The Morgan fingerprint density at radius 1 is 1.43 bits per heavy atom. The normalized spacial score (nSPS) is 18.3. The van der Waals surface area contributed by atoms with Crippen molar-refractivity contribution in [2.24, 2.45) is 4.99 Å². The highest BCUT2D eigenvalue weighted by Crippen LogP contribution is 2.32. The van der Waals surface area contributed by atoms with Gasteiger partial charge in [-0.05, 0) is 42.7 Å². The van der Waals surface area contributed by atoms with Gasteiger partial charge in [-0.25, -0.2) is 4.79 Å². The minimum absolute atomic E-state index is 0.0815. The van der Waals surface area contributed by atoms with E-state index in [1.807, 2.05) is 18.2 Å². The van der Waals surface area contributed by atoms with Gasteiger partial charge < -0.3 is 9.47 Å². The van der Waals surface area contributed by atoms with Gasteiger partial charge >= 0.3 is 5.69 Å². The summed E-state index contributed by atoms with van der Waals surface area (Å²) in [4.78, 5) is 20.4. The first-order valence-corrected chi connectivity index (χ1v) is 9.48. The number of allylic oxidation sites excluding steroid dienone is 2. The molecule has 0 spiro atoms. The molecular weight excluding hydrogens is 354 g/mol. The first kappa shape index (κ1) is 18.4. The van der Waals surface area contributed by atoms with Gasteiger partial charge in [0.25, 0.3) is 0 Å². The first-order valence-electron chi connectivity index (χ1n) is 9.48. The summed E-state index contributed by atoms with van der Waals surface area (Å²) in [6, 6.07) is 8.00. The smallest absolute Gasteiger partial charge is 0.351 e. The van der Waals surface area contributed by atoms with E-state index in [4.69, 9.17) is 9.47 Å². The summed E-state index contributed by atoms with van der Waals surface area (Å²) in [6.45, 7) is 9.14. The zero-order chi connectivity index (χ0) is 19.5. The Morgan fingerprint density at radius 3 is 3.07 bits per heavy atom. The fourth-order valence-electron chi connectivity index (χ4n) is 3.76. The van der Waals surface area contributed by atoms with Crippen LogP contribution in [0, 0.1) is 0 Å². The number of ether oxygens (including phenoxy) is 2. The molecule has 0 bridgehead atoms. The van der Waals surface area contributed by atoms with Crippen LogP contribution in [0.1, 0.15) is 24.0 Å². The number of hydrogen-bond donors (Lipinski definition) is 0. The van der Waals surface area contributed by atoms with Gasteiger partial charge in [0.05, 0.1) is 11.8 Å². The maximum atomic E-state index is 12.5. The number of rotatable bonds is 6. The summed E-state index contributed by atoms with van der Waals surface area (Å²) in [6.07, 6.45) is 6.33. The zero-order valence-corrected chi connectivity index (χ0v) is 15.8. The second-order valence-corrected chi connectivity index (χ2v) is 6.95. The molecular formula is C22H23N3O3. The number of aliphatic imine (C=N–C) groups is 1. The fourth-order valence-corrected chi connectivity index (χ4v) is 3.76. The van der Waals surface area contributed by atoms with Gasteiger partial charge in [-0.15, -0.1) is 0 Å². The molecule has 3 heterocycles. The number of nitrogens with zero attached hydrogens (tertiary/aromatic N) is 3. The van der Waals surface area contributed by atoms with Crippen molar-refractivity contribution in [3.63, 3.8) is 0 Å². The third-order valence-electron chi connectivity index (χ3n) is 5.20. The SMILES string of the molecule is C=C/C(=C\N=C)c1ccc2c(c1)CCn1c-2cc(OCC2CCCO2)nc1=O. The Hall–Kier alpha value is -2.99. The predicted octanol–water partition coefficient (Wildman–Crippen LogP) is 3.25. The van der Waals surface area contributed by atoms with Crippen molar-refractivity contribution in [1.82, 2.24) is 9.55 Å². The quantitative estimate of drug-likeness (QED) is 0.573. The van der Waals surface area contributed by atoms with Gasteiger partial charge in [-0.1, -0.05) is 30.9 Å². The minimum Gasteiger partial charge on any atom is -0.475 e. The Bertz CT molecular complexity index is 1000. The van der Waals surface area contributed by atoms with Crippen LogP contribution in [-0.2, 0) is 17.7 Å². The van der Waals surface area contributed by atoms with E-state index in [1.165, 1.54) is 5.56 Å². The van der Waals surface area contributed by atoms with E-state index >= 15 is 0 Å². The Balaban J connectivity index is 1.67. The molecule has 4 rings (SSSR count). The topological polar surface area (TPSA) is 65.7 Å². The molecule has 0 N–H and O–H groups in total. The van der Waals surface area contributed by atoms with E-state index in [0.717, 1.165) is 48.3 Å². The number of aryl methyl sites for hydroxylation is 1. The van der Waals surface area contributed by atoms with Crippen molar-refractivity contribution < 1.29 is 9.47 Å². The number of benzene rings is 1. The zero-order valence-electron chi connectivity index (χ0n) is 15.8. The molecule has 1 aromatic carbocycles. The second-order valence-electron chi connectivity index (χ2n) is 6.95. The standard InChI is InChI=1S/C22H23N3O3/c1-3-15(13-23-2)16-6-7-19-17(11-16)8-9-25-20(19)12-21(24-22(25)26)28-14-18-5-4-10-27-18/h3,6-7,11-13,18H,1-2,4-5,8-10,14H2/b15-13+. The van der Waals surface area contributed by atoms with Gasteiger partial charge in [0.15, 0.2) is 0 Å². The van der Waals surface area contributed by atoms with Crippen LogP contribution in [0.25, 0.3) is 16.8 Å². The van der Waals surface area contributed by atoms with Gasteiger partial charge in [0, 0.05) is 31.0 Å². The Kier molecular flexibility index (Phi) is 5.21. The molecule has 0 amide bonds. The van der Waals surface area contributed by atoms with Gasteiger partial charge in [0.2, 0.25) is 5.88 Å². The Labute approximate surface area is 163 Å². The molecule has 2 aliphatic heterocycles.